The Labute approximate surface area is 165 Å². The highest BCUT2D eigenvalue weighted by atomic mass is 16.3. The number of piperazine rings is 1. The predicted molar refractivity (Wildman–Crippen MR) is 113 cm³/mol. The molecule has 2 heterocycles. The number of hydrogen-bond acceptors (Lipinski definition) is 4. The van der Waals surface area contributed by atoms with Gasteiger partial charge in [0.05, 0.1) is 12.3 Å². The lowest BCUT2D eigenvalue weighted by molar-refractivity contribution is 0.114. The highest BCUT2D eigenvalue weighted by Gasteiger charge is 2.33. The van der Waals surface area contributed by atoms with E-state index in [9.17, 15) is 0 Å². The first-order chi connectivity index (χ1) is 13.9. The highest BCUT2D eigenvalue weighted by Crippen LogP contribution is 2.46. The van der Waals surface area contributed by atoms with Crippen LogP contribution in [0.3, 0.4) is 0 Å². The summed E-state index contributed by atoms with van der Waals surface area (Å²) in [5.74, 6) is 0.842. The number of allylic oxidation sites excluding steroid dienone is 1. The van der Waals surface area contributed by atoms with Crippen LogP contribution in [0.2, 0.25) is 0 Å². The van der Waals surface area contributed by atoms with Crippen LogP contribution >= 0.6 is 0 Å². The summed E-state index contributed by atoms with van der Waals surface area (Å²) < 4.78 is 5.29. The lowest BCUT2D eigenvalue weighted by atomic mass is 10.0. The van der Waals surface area contributed by atoms with Crippen LogP contribution in [0.15, 0.2) is 82.5 Å². The minimum Gasteiger partial charge on any atom is -0.465 e. The van der Waals surface area contributed by atoms with E-state index in [2.05, 4.69) is 63.5 Å². The quantitative estimate of drug-likeness (QED) is 0.627. The third-order valence-corrected chi connectivity index (χ3v) is 5.58. The van der Waals surface area contributed by atoms with E-state index in [1.807, 2.05) is 30.5 Å². The second kappa shape index (κ2) is 7.49. The number of hydrogen-bond donors (Lipinski definition) is 0. The van der Waals surface area contributed by atoms with E-state index in [0.29, 0.717) is 6.04 Å². The molecule has 0 bridgehead atoms. The van der Waals surface area contributed by atoms with Crippen LogP contribution in [0.4, 0.5) is 0 Å². The van der Waals surface area contributed by atoms with E-state index >= 15 is 0 Å². The zero-order chi connectivity index (χ0) is 18.8. The molecule has 2 aliphatic rings. The van der Waals surface area contributed by atoms with Crippen molar-refractivity contribution in [3.05, 3.63) is 89.9 Å². The van der Waals surface area contributed by atoms with E-state index < -0.39 is 0 Å². The second-order valence-corrected chi connectivity index (χ2v) is 7.21. The molecule has 1 aromatic heterocycles. The lowest BCUT2D eigenvalue weighted by Crippen LogP contribution is -2.45. The van der Waals surface area contributed by atoms with Gasteiger partial charge in [-0.05, 0) is 46.5 Å². The Morgan fingerprint density at radius 2 is 1.50 bits per heavy atom. The molecule has 4 heteroatoms. The molecule has 0 amide bonds. The number of benzene rings is 2. The van der Waals surface area contributed by atoms with Crippen molar-refractivity contribution in [3.63, 3.8) is 0 Å². The zero-order valence-corrected chi connectivity index (χ0v) is 15.7. The minimum absolute atomic E-state index is 0.359. The monoisotopic (exact) mass is 369 g/mol. The maximum atomic E-state index is 5.29. The number of rotatable bonds is 4. The van der Waals surface area contributed by atoms with Gasteiger partial charge in [-0.15, -0.1) is 0 Å². The fourth-order valence-corrected chi connectivity index (χ4v) is 4.26. The van der Waals surface area contributed by atoms with E-state index in [-0.39, 0.29) is 0 Å². The molecule has 1 fully saturated rings. The first kappa shape index (κ1) is 17.0. The van der Waals surface area contributed by atoms with Gasteiger partial charge in [-0.1, -0.05) is 48.5 Å². The summed E-state index contributed by atoms with van der Waals surface area (Å²) in [5.41, 5.74) is 5.63. The summed E-state index contributed by atoms with van der Waals surface area (Å²) in [7, 11) is 0. The SMILES string of the molecule is C(/C=C/c1ccco1)=N/N1CCN(C2c3ccccc3-c3ccccc32)CC1. The second-order valence-electron chi connectivity index (χ2n) is 7.21. The number of hydrazone groups is 1. The molecule has 0 unspecified atom stereocenters. The zero-order valence-electron chi connectivity index (χ0n) is 15.7. The van der Waals surface area contributed by atoms with Crippen LogP contribution < -0.4 is 0 Å². The summed E-state index contributed by atoms with van der Waals surface area (Å²) in [6.45, 7) is 3.89. The molecule has 1 aliphatic heterocycles. The number of nitrogens with zero attached hydrogens (tertiary/aromatic N) is 3. The highest BCUT2D eigenvalue weighted by molar-refractivity contribution is 5.78. The van der Waals surface area contributed by atoms with Gasteiger partial charge in [0.25, 0.3) is 0 Å². The Kier molecular flexibility index (Phi) is 4.55. The largest absolute Gasteiger partial charge is 0.465 e. The van der Waals surface area contributed by atoms with Gasteiger partial charge in [0.1, 0.15) is 5.76 Å². The maximum Gasteiger partial charge on any atom is 0.126 e. The molecule has 0 spiro atoms. The Balaban J connectivity index is 1.27. The molecule has 0 atom stereocenters. The minimum atomic E-state index is 0.359. The molecule has 1 aliphatic carbocycles. The van der Waals surface area contributed by atoms with Crippen molar-refractivity contribution in [2.24, 2.45) is 5.10 Å². The molecule has 28 heavy (non-hydrogen) atoms. The molecule has 3 aromatic rings. The van der Waals surface area contributed by atoms with Crippen molar-refractivity contribution in [3.8, 4) is 11.1 Å². The normalized spacial score (nSPS) is 17.5. The molecule has 0 radical (unpaired) electrons. The van der Waals surface area contributed by atoms with Gasteiger partial charge < -0.3 is 4.42 Å². The van der Waals surface area contributed by atoms with Crippen LogP contribution in [0.1, 0.15) is 22.9 Å². The van der Waals surface area contributed by atoms with Gasteiger partial charge in [-0.25, -0.2) is 0 Å². The number of fused-ring (bicyclic) bond motifs is 3. The smallest absolute Gasteiger partial charge is 0.126 e. The third-order valence-electron chi connectivity index (χ3n) is 5.58. The Hall–Kier alpha value is -3.11. The van der Waals surface area contributed by atoms with E-state index in [1.54, 1.807) is 6.26 Å². The fourth-order valence-electron chi connectivity index (χ4n) is 4.26. The van der Waals surface area contributed by atoms with Crippen molar-refractivity contribution in [1.29, 1.82) is 0 Å². The molecule has 140 valence electrons. The van der Waals surface area contributed by atoms with Crippen molar-refractivity contribution >= 4 is 12.3 Å². The fraction of sp³-hybridized carbons (Fsp3) is 0.208. The van der Waals surface area contributed by atoms with Crippen LogP contribution in [0.25, 0.3) is 17.2 Å². The molecule has 4 nitrogen and oxygen atoms in total. The van der Waals surface area contributed by atoms with Crippen molar-refractivity contribution in [2.45, 2.75) is 6.04 Å². The molecule has 2 aromatic carbocycles. The van der Waals surface area contributed by atoms with E-state index in [4.69, 9.17) is 4.42 Å². The van der Waals surface area contributed by atoms with Gasteiger partial charge in [-0.3, -0.25) is 9.91 Å². The van der Waals surface area contributed by atoms with Crippen molar-refractivity contribution in [1.82, 2.24) is 9.91 Å². The standard InChI is InChI=1S/C24H23N3O/c1-3-11-22-20(9-1)21-10-2-4-12-23(21)24(22)26-14-16-27(17-15-26)25-13-5-7-19-8-6-18-28-19/h1-13,18,24H,14-17H2/b7-5+,25-13-. The van der Waals surface area contributed by atoms with Gasteiger partial charge in [0, 0.05) is 32.4 Å². The molecule has 1 saturated heterocycles. The van der Waals surface area contributed by atoms with Gasteiger partial charge in [-0.2, -0.15) is 5.10 Å². The van der Waals surface area contributed by atoms with Gasteiger partial charge in [0.15, 0.2) is 0 Å². The van der Waals surface area contributed by atoms with Crippen molar-refractivity contribution in [2.75, 3.05) is 26.2 Å². The van der Waals surface area contributed by atoms with Crippen LogP contribution in [-0.4, -0.2) is 42.3 Å². The average Bonchev–Trinajstić information content (AvgIpc) is 3.38. The third kappa shape index (κ3) is 3.16. The molecule has 5 rings (SSSR count). The van der Waals surface area contributed by atoms with Crippen LogP contribution in [0.5, 0.6) is 0 Å². The van der Waals surface area contributed by atoms with Crippen LogP contribution in [0, 0.1) is 0 Å². The first-order valence-electron chi connectivity index (χ1n) is 9.81. The molecular weight excluding hydrogens is 346 g/mol. The Morgan fingerprint density at radius 1 is 0.821 bits per heavy atom. The Morgan fingerprint density at radius 3 is 2.14 bits per heavy atom. The number of furan rings is 1. The summed E-state index contributed by atoms with van der Waals surface area (Å²) in [6, 6.07) is 21.8. The lowest BCUT2D eigenvalue weighted by Gasteiger charge is -2.37. The molecular formula is C24H23N3O. The first-order valence-corrected chi connectivity index (χ1v) is 9.81. The van der Waals surface area contributed by atoms with E-state index in [0.717, 1.165) is 31.9 Å². The predicted octanol–water partition coefficient (Wildman–Crippen LogP) is 4.67. The van der Waals surface area contributed by atoms with Crippen molar-refractivity contribution < 1.29 is 4.42 Å². The summed E-state index contributed by atoms with van der Waals surface area (Å²) in [6.07, 6.45) is 7.37. The summed E-state index contributed by atoms with van der Waals surface area (Å²) in [4.78, 5) is 2.59. The summed E-state index contributed by atoms with van der Waals surface area (Å²) >= 11 is 0. The maximum absolute atomic E-state index is 5.29. The van der Waals surface area contributed by atoms with E-state index in [1.165, 1.54) is 22.3 Å². The van der Waals surface area contributed by atoms with Crippen LogP contribution in [-0.2, 0) is 0 Å². The summed E-state index contributed by atoms with van der Waals surface area (Å²) in [5, 5.41) is 6.73. The topological polar surface area (TPSA) is 32.0 Å². The Bertz CT molecular complexity index is 953. The van der Waals surface area contributed by atoms with Gasteiger partial charge in [0.2, 0.25) is 0 Å². The molecule has 0 saturated carbocycles. The van der Waals surface area contributed by atoms with Gasteiger partial charge >= 0.3 is 0 Å². The molecule has 0 N–H and O–H groups in total. The average molecular weight is 369 g/mol.